The van der Waals surface area contributed by atoms with Crippen LogP contribution in [0.4, 0.5) is 22.7 Å². The van der Waals surface area contributed by atoms with Crippen molar-refractivity contribution in [2.75, 3.05) is 16.5 Å². The third kappa shape index (κ3) is 9.92. The van der Waals surface area contributed by atoms with Gasteiger partial charge in [0.25, 0.3) is 0 Å². The molecule has 0 fully saturated rings. The first-order valence-corrected chi connectivity index (χ1v) is 28.5. The topological polar surface area (TPSA) is 33.5 Å². The van der Waals surface area contributed by atoms with E-state index in [9.17, 15) is 0 Å². The van der Waals surface area contributed by atoms with Crippen LogP contribution in [0.2, 0.25) is 0 Å². The molecule has 0 spiro atoms. The minimum Gasteiger partial charge on any atom is -0.457 e. The highest BCUT2D eigenvalue weighted by atomic mass is 16.5. The zero-order valence-corrected chi connectivity index (χ0v) is 49.0. The molecular weight excluding hydrogens is 961 g/mol. The average Bonchev–Trinajstić information content (AvgIpc) is 4.17. The Morgan fingerprint density at radius 2 is 0.975 bits per heavy atom. The van der Waals surface area contributed by atoms with Crippen molar-refractivity contribution in [3.05, 3.63) is 239 Å². The second-order valence-electron chi connectivity index (χ2n) is 25.8. The number of benzene rings is 8. The Kier molecular flexibility index (Phi) is 13.5. The van der Waals surface area contributed by atoms with Gasteiger partial charge >= 0.3 is 0 Å². The number of fused-ring (bicyclic) bond motifs is 4. The summed E-state index contributed by atoms with van der Waals surface area (Å²) in [5.41, 5.74) is 18.8. The molecule has 0 radical (unpaired) electrons. The third-order valence-electron chi connectivity index (χ3n) is 17.0. The maximum Gasteiger partial charge on any atom is 0.137 e. The zero-order chi connectivity index (χ0) is 55.8. The highest BCUT2D eigenvalue weighted by molar-refractivity contribution is 6.09. The highest BCUT2D eigenvalue weighted by Gasteiger charge is 2.35. The van der Waals surface area contributed by atoms with Gasteiger partial charge in [0, 0.05) is 51.3 Å². The van der Waals surface area contributed by atoms with Crippen molar-refractivity contribution in [3.8, 4) is 28.4 Å². The summed E-state index contributed by atoms with van der Waals surface area (Å²) in [6.07, 6.45) is 1.94. The smallest absolute Gasteiger partial charge is 0.137 e. The first-order chi connectivity index (χ1) is 37.6. The highest BCUT2D eigenvalue weighted by Crippen LogP contribution is 2.51. The second-order valence-corrected chi connectivity index (χ2v) is 25.8. The van der Waals surface area contributed by atoms with Gasteiger partial charge in [-0.2, -0.15) is 0 Å². The Morgan fingerprint density at radius 3 is 1.58 bits per heavy atom. The molecule has 0 atom stereocenters. The van der Waals surface area contributed by atoms with E-state index in [4.69, 9.17) is 9.72 Å². The molecule has 2 aromatic heterocycles. The molecule has 0 saturated heterocycles. The summed E-state index contributed by atoms with van der Waals surface area (Å²) in [6.45, 7) is 33.0. The van der Waals surface area contributed by atoms with Crippen LogP contribution in [-0.4, -0.2) is 16.2 Å². The molecule has 0 unspecified atom stereocenters. The molecule has 0 saturated carbocycles. The van der Waals surface area contributed by atoms with E-state index in [1.807, 2.05) is 6.20 Å². The molecule has 0 amide bonds. The molecule has 5 nitrogen and oxygen atoms in total. The SMILES string of the molecule is CC(C)c1cccc(C(C)C)c1-c1cc(Oc2ccc3c4ccccc4n(-c4cc(C(C)(C)C)ccn4)c3c2)cc(N2CN(c3cc(C(C)(C)c4ccccc4)cc(C(C)(C)c4ccccc4)c3)c3cc(C(C)(C)C)ccc32)c1. The van der Waals surface area contributed by atoms with E-state index in [1.54, 1.807) is 0 Å². The number of rotatable bonds is 12. The van der Waals surface area contributed by atoms with E-state index in [-0.39, 0.29) is 21.7 Å². The Bertz CT molecular complexity index is 3790. The maximum atomic E-state index is 7.29. The van der Waals surface area contributed by atoms with Crippen molar-refractivity contribution in [3.63, 3.8) is 0 Å². The van der Waals surface area contributed by atoms with Crippen molar-refractivity contribution in [2.45, 2.75) is 130 Å². The third-order valence-corrected chi connectivity index (χ3v) is 17.0. The molecule has 0 N–H and O–H groups in total. The monoisotopic (exact) mass is 1040 g/mol. The van der Waals surface area contributed by atoms with Crippen LogP contribution in [0.1, 0.15) is 153 Å². The minimum absolute atomic E-state index is 0.0373. The standard InChI is InChI=1S/C74H78N4O/c1-48(2)61-29-23-30-62(49(3)4)70(61)50-38-57(45-60(39-50)79-59-33-34-64-63-28-21-22-31-65(63)78(67(64)46-59)69-44-54(36-37-75-69)72(8,9)10)76-47-77(68-43-53(71(5,6)7)32-35-66(68)76)58-41-55(73(11,12)51-24-17-15-18-25-51)40-56(42-58)74(13,14)52-26-19-16-20-27-52/h15-46,48-49H,47H2,1-14H3. The van der Waals surface area contributed by atoms with Gasteiger partial charge in [-0.3, -0.25) is 4.57 Å². The van der Waals surface area contributed by atoms with Crippen molar-refractivity contribution in [1.82, 2.24) is 9.55 Å². The van der Waals surface area contributed by atoms with E-state index in [2.05, 4.69) is 299 Å². The Hall–Kier alpha value is -7.89. The molecule has 400 valence electrons. The van der Waals surface area contributed by atoms with E-state index < -0.39 is 0 Å². The lowest BCUT2D eigenvalue weighted by atomic mass is 9.73. The Balaban J connectivity index is 1.11. The molecule has 79 heavy (non-hydrogen) atoms. The average molecular weight is 1040 g/mol. The number of hydrogen-bond donors (Lipinski definition) is 0. The lowest BCUT2D eigenvalue weighted by Crippen LogP contribution is -2.27. The van der Waals surface area contributed by atoms with Gasteiger partial charge in [0.05, 0.1) is 22.4 Å². The van der Waals surface area contributed by atoms with Crippen molar-refractivity contribution in [1.29, 1.82) is 0 Å². The van der Waals surface area contributed by atoms with Gasteiger partial charge in [0.15, 0.2) is 0 Å². The normalized spacial score (nSPS) is 13.3. The number of ether oxygens (including phenoxy) is 1. The van der Waals surface area contributed by atoms with Crippen molar-refractivity contribution >= 4 is 44.6 Å². The first kappa shape index (κ1) is 53.1. The molecular formula is C74H78N4O. The lowest BCUT2D eigenvalue weighted by Gasteiger charge is -2.33. The van der Waals surface area contributed by atoms with E-state index in [0.29, 0.717) is 18.5 Å². The van der Waals surface area contributed by atoms with Crippen LogP contribution >= 0.6 is 0 Å². The quantitative estimate of drug-likeness (QED) is 0.122. The number of anilines is 4. The van der Waals surface area contributed by atoms with Crippen LogP contribution in [0.25, 0.3) is 38.8 Å². The molecule has 3 heterocycles. The molecule has 10 aromatic rings. The van der Waals surface area contributed by atoms with Crippen LogP contribution in [0.15, 0.2) is 194 Å². The van der Waals surface area contributed by atoms with Gasteiger partial charge in [-0.1, -0.05) is 206 Å². The molecule has 11 rings (SSSR count). The van der Waals surface area contributed by atoms with E-state index in [1.165, 1.54) is 66.8 Å². The summed E-state index contributed by atoms with van der Waals surface area (Å²) in [4.78, 5) is 10.1. The second kappa shape index (κ2) is 20.1. The largest absolute Gasteiger partial charge is 0.457 e. The van der Waals surface area contributed by atoms with Crippen LogP contribution in [0.5, 0.6) is 11.5 Å². The molecule has 1 aliphatic heterocycles. The first-order valence-electron chi connectivity index (χ1n) is 28.5. The van der Waals surface area contributed by atoms with Gasteiger partial charge in [0.1, 0.15) is 24.0 Å². The number of nitrogens with zero attached hydrogens (tertiary/aromatic N) is 4. The summed E-state index contributed by atoms with van der Waals surface area (Å²) in [7, 11) is 0. The fourth-order valence-electron chi connectivity index (χ4n) is 11.9. The lowest BCUT2D eigenvalue weighted by molar-refractivity contribution is 0.483. The fourth-order valence-corrected chi connectivity index (χ4v) is 11.9. The van der Waals surface area contributed by atoms with Crippen LogP contribution in [0.3, 0.4) is 0 Å². The predicted octanol–water partition coefficient (Wildman–Crippen LogP) is 20.4. The van der Waals surface area contributed by atoms with Gasteiger partial charge in [-0.15, -0.1) is 0 Å². The number of aromatic nitrogens is 2. The van der Waals surface area contributed by atoms with E-state index in [0.717, 1.165) is 50.7 Å². The summed E-state index contributed by atoms with van der Waals surface area (Å²) in [5, 5.41) is 2.34. The van der Waals surface area contributed by atoms with Crippen LogP contribution in [-0.2, 0) is 21.7 Å². The fraction of sp³-hybridized carbons (Fsp3) is 0.284. The van der Waals surface area contributed by atoms with Gasteiger partial charge < -0.3 is 14.5 Å². The van der Waals surface area contributed by atoms with Gasteiger partial charge in [-0.05, 0) is 145 Å². The van der Waals surface area contributed by atoms with Gasteiger partial charge in [0.2, 0.25) is 0 Å². The van der Waals surface area contributed by atoms with Crippen molar-refractivity contribution in [2.24, 2.45) is 0 Å². The number of pyridine rings is 1. The minimum atomic E-state index is -0.281. The maximum absolute atomic E-state index is 7.29. The Labute approximate surface area is 470 Å². The van der Waals surface area contributed by atoms with Gasteiger partial charge in [-0.25, -0.2) is 4.98 Å². The summed E-state index contributed by atoms with van der Waals surface area (Å²) in [6, 6.07) is 69.8. The van der Waals surface area contributed by atoms with E-state index >= 15 is 0 Å². The number of hydrogen-bond acceptors (Lipinski definition) is 4. The summed E-state index contributed by atoms with van der Waals surface area (Å²) >= 11 is 0. The summed E-state index contributed by atoms with van der Waals surface area (Å²) < 4.78 is 9.59. The summed E-state index contributed by atoms with van der Waals surface area (Å²) in [5.74, 6) is 3.04. The van der Waals surface area contributed by atoms with Crippen LogP contribution in [0, 0.1) is 0 Å². The predicted molar refractivity (Wildman–Crippen MR) is 335 cm³/mol. The van der Waals surface area contributed by atoms with Crippen molar-refractivity contribution < 1.29 is 4.74 Å². The van der Waals surface area contributed by atoms with Crippen LogP contribution < -0.4 is 14.5 Å². The molecule has 0 aliphatic carbocycles. The molecule has 1 aliphatic rings. The number of para-hydroxylation sites is 1. The molecule has 0 bridgehead atoms. The Morgan fingerprint density at radius 1 is 0.418 bits per heavy atom. The zero-order valence-electron chi connectivity index (χ0n) is 49.0. The molecule has 5 heteroatoms. The molecule has 8 aromatic carbocycles.